The Hall–Kier alpha value is -1.62. The van der Waals surface area contributed by atoms with Crippen molar-refractivity contribution in [2.45, 2.75) is 20.8 Å². The second-order valence-corrected chi connectivity index (χ2v) is 5.54. The van der Waals surface area contributed by atoms with Crippen molar-refractivity contribution in [3.8, 4) is 0 Å². The van der Waals surface area contributed by atoms with E-state index in [0.717, 1.165) is 27.0 Å². The van der Waals surface area contributed by atoms with Gasteiger partial charge in [0.1, 0.15) is 5.69 Å². The molecule has 0 spiro atoms. The molecule has 5 heteroatoms. The smallest absolute Gasteiger partial charge is 0.273 e. The van der Waals surface area contributed by atoms with E-state index in [1.165, 1.54) is 0 Å². The summed E-state index contributed by atoms with van der Waals surface area (Å²) in [6, 6.07) is 5.79. The van der Waals surface area contributed by atoms with Crippen molar-refractivity contribution < 1.29 is 4.79 Å². The lowest BCUT2D eigenvalue weighted by Gasteiger charge is -2.11. The van der Waals surface area contributed by atoms with Crippen molar-refractivity contribution in [3.63, 3.8) is 0 Å². The number of hydrogen-bond donors (Lipinski definition) is 1. The van der Waals surface area contributed by atoms with E-state index >= 15 is 0 Å². The van der Waals surface area contributed by atoms with Gasteiger partial charge in [0, 0.05) is 11.5 Å². The van der Waals surface area contributed by atoms with Crippen LogP contribution < -0.4 is 5.32 Å². The number of nitrogens with one attached hydrogen (secondary N) is 1. The average Bonchev–Trinajstić information content (AvgIpc) is 2.62. The Morgan fingerprint density at radius 1 is 1.26 bits per heavy atom. The molecule has 4 nitrogen and oxygen atoms in total. The molecule has 0 saturated heterocycles. The number of amides is 1. The molecule has 0 aliphatic rings. The Labute approximate surface area is 120 Å². The third-order valence-corrected chi connectivity index (χ3v) is 3.53. The second kappa shape index (κ2) is 5.17. The topological polar surface area (TPSA) is 46.9 Å². The van der Waals surface area contributed by atoms with Gasteiger partial charge in [-0.25, -0.2) is 0 Å². The zero-order valence-corrected chi connectivity index (χ0v) is 13.0. The number of rotatable bonds is 2. The van der Waals surface area contributed by atoms with Crippen molar-refractivity contribution in [2.75, 3.05) is 5.32 Å². The number of hydrogen-bond acceptors (Lipinski definition) is 2. The van der Waals surface area contributed by atoms with Gasteiger partial charge >= 0.3 is 0 Å². The summed E-state index contributed by atoms with van der Waals surface area (Å²) in [6.45, 7) is 5.86. The molecule has 2 aromatic rings. The largest absolute Gasteiger partial charge is 0.319 e. The summed E-state index contributed by atoms with van der Waals surface area (Å²) in [5.74, 6) is -0.157. The maximum absolute atomic E-state index is 12.2. The molecule has 1 heterocycles. The molecule has 0 unspecified atom stereocenters. The van der Waals surface area contributed by atoms with Gasteiger partial charge in [0.15, 0.2) is 0 Å². The van der Waals surface area contributed by atoms with E-state index in [2.05, 4.69) is 26.3 Å². The molecule has 0 bridgehead atoms. The van der Waals surface area contributed by atoms with Crippen LogP contribution in [-0.4, -0.2) is 15.7 Å². The lowest BCUT2D eigenvalue weighted by atomic mass is 10.1. The Morgan fingerprint density at radius 3 is 2.47 bits per heavy atom. The van der Waals surface area contributed by atoms with E-state index in [1.54, 1.807) is 17.8 Å². The molecule has 1 N–H and O–H groups in total. The number of carbonyl (C=O) groups is 1. The monoisotopic (exact) mass is 321 g/mol. The Kier molecular flexibility index (Phi) is 3.75. The van der Waals surface area contributed by atoms with Crippen LogP contribution >= 0.6 is 15.9 Å². The third-order valence-electron chi connectivity index (χ3n) is 2.90. The molecule has 0 radical (unpaired) electrons. The van der Waals surface area contributed by atoms with Crippen LogP contribution in [0.3, 0.4) is 0 Å². The molecule has 19 heavy (non-hydrogen) atoms. The molecular formula is C14H16BrN3O. The number of carbonyl (C=O) groups excluding carboxylic acids is 1. The first-order valence-corrected chi connectivity index (χ1v) is 6.76. The first kappa shape index (κ1) is 13.8. The summed E-state index contributed by atoms with van der Waals surface area (Å²) in [7, 11) is 1.76. The SMILES string of the molecule is Cc1cc(C)c(NC(=O)c2cc(C)nn2C)c(Br)c1. The minimum Gasteiger partial charge on any atom is -0.319 e. The molecule has 0 atom stereocenters. The van der Waals surface area contributed by atoms with Gasteiger partial charge in [0.2, 0.25) is 0 Å². The first-order chi connectivity index (χ1) is 8.88. The lowest BCUT2D eigenvalue weighted by molar-refractivity contribution is 0.101. The molecule has 1 aromatic carbocycles. The van der Waals surface area contributed by atoms with Gasteiger partial charge in [0.05, 0.1) is 11.4 Å². The first-order valence-electron chi connectivity index (χ1n) is 5.97. The summed E-state index contributed by atoms with van der Waals surface area (Å²) in [5.41, 5.74) is 4.35. The molecule has 1 aromatic heterocycles. The van der Waals surface area contributed by atoms with Gasteiger partial charge < -0.3 is 5.32 Å². The standard InChI is InChI=1S/C14H16BrN3O/c1-8-5-9(2)13(11(15)6-8)16-14(19)12-7-10(3)17-18(12)4/h5-7H,1-4H3,(H,16,19). The van der Waals surface area contributed by atoms with Crippen LogP contribution in [0.2, 0.25) is 0 Å². The normalized spacial score (nSPS) is 10.6. The summed E-state index contributed by atoms with van der Waals surface area (Å²) >= 11 is 3.49. The predicted octanol–water partition coefficient (Wildman–Crippen LogP) is 3.36. The summed E-state index contributed by atoms with van der Waals surface area (Å²) in [5, 5.41) is 7.11. The molecule has 100 valence electrons. The highest BCUT2D eigenvalue weighted by Gasteiger charge is 2.14. The lowest BCUT2D eigenvalue weighted by Crippen LogP contribution is -2.17. The average molecular weight is 322 g/mol. The summed E-state index contributed by atoms with van der Waals surface area (Å²) in [6.07, 6.45) is 0. The van der Waals surface area contributed by atoms with Crippen LogP contribution in [0.5, 0.6) is 0 Å². The number of anilines is 1. The zero-order chi connectivity index (χ0) is 14.2. The van der Waals surface area contributed by atoms with Gasteiger partial charge in [-0.3, -0.25) is 9.48 Å². The maximum Gasteiger partial charge on any atom is 0.273 e. The highest BCUT2D eigenvalue weighted by Crippen LogP contribution is 2.28. The Morgan fingerprint density at radius 2 is 1.95 bits per heavy atom. The highest BCUT2D eigenvalue weighted by atomic mass is 79.9. The quantitative estimate of drug-likeness (QED) is 0.921. The van der Waals surface area contributed by atoms with E-state index in [4.69, 9.17) is 0 Å². The van der Waals surface area contributed by atoms with Crippen LogP contribution in [0, 0.1) is 20.8 Å². The van der Waals surface area contributed by atoms with Crippen LogP contribution in [0.4, 0.5) is 5.69 Å². The Bertz CT molecular complexity index is 623. The van der Waals surface area contributed by atoms with E-state index in [9.17, 15) is 4.79 Å². The molecule has 2 rings (SSSR count). The summed E-state index contributed by atoms with van der Waals surface area (Å²) < 4.78 is 2.47. The molecule has 0 aliphatic heterocycles. The van der Waals surface area contributed by atoms with E-state index in [-0.39, 0.29) is 5.91 Å². The van der Waals surface area contributed by atoms with Crippen molar-refractivity contribution in [2.24, 2.45) is 7.05 Å². The van der Waals surface area contributed by atoms with Gasteiger partial charge in [-0.15, -0.1) is 0 Å². The van der Waals surface area contributed by atoms with Gasteiger partial charge in [0.25, 0.3) is 5.91 Å². The highest BCUT2D eigenvalue weighted by molar-refractivity contribution is 9.10. The number of halogens is 1. The fourth-order valence-electron chi connectivity index (χ4n) is 2.07. The maximum atomic E-state index is 12.2. The summed E-state index contributed by atoms with van der Waals surface area (Å²) in [4.78, 5) is 12.2. The van der Waals surface area contributed by atoms with Crippen LogP contribution in [-0.2, 0) is 7.05 Å². The number of nitrogens with zero attached hydrogens (tertiary/aromatic N) is 2. The predicted molar refractivity (Wildman–Crippen MR) is 79.5 cm³/mol. The number of aryl methyl sites for hydroxylation is 4. The van der Waals surface area contributed by atoms with Gasteiger partial charge in [-0.05, 0) is 60.0 Å². The van der Waals surface area contributed by atoms with Crippen molar-refractivity contribution in [3.05, 3.63) is 45.2 Å². The number of aromatic nitrogens is 2. The fourth-order valence-corrected chi connectivity index (χ4v) is 2.85. The second-order valence-electron chi connectivity index (χ2n) is 4.69. The number of benzene rings is 1. The van der Waals surface area contributed by atoms with Crippen LogP contribution in [0.15, 0.2) is 22.7 Å². The van der Waals surface area contributed by atoms with Crippen molar-refractivity contribution >= 4 is 27.5 Å². The van der Waals surface area contributed by atoms with Crippen LogP contribution in [0.25, 0.3) is 0 Å². The minimum absolute atomic E-state index is 0.157. The molecule has 0 fully saturated rings. The fraction of sp³-hybridized carbons (Fsp3) is 0.286. The third kappa shape index (κ3) is 2.87. The van der Waals surface area contributed by atoms with Gasteiger partial charge in [-0.1, -0.05) is 6.07 Å². The van der Waals surface area contributed by atoms with Crippen LogP contribution in [0.1, 0.15) is 27.3 Å². The Balaban J connectivity index is 2.32. The molecule has 0 saturated carbocycles. The molecule has 1 amide bonds. The van der Waals surface area contributed by atoms with Gasteiger partial charge in [-0.2, -0.15) is 5.10 Å². The van der Waals surface area contributed by atoms with Crippen molar-refractivity contribution in [1.29, 1.82) is 0 Å². The van der Waals surface area contributed by atoms with E-state index in [0.29, 0.717) is 5.69 Å². The van der Waals surface area contributed by atoms with Crippen molar-refractivity contribution in [1.82, 2.24) is 9.78 Å². The minimum atomic E-state index is -0.157. The van der Waals surface area contributed by atoms with E-state index < -0.39 is 0 Å². The van der Waals surface area contributed by atoms with E-state index in [1.807, 2.05) is 32.9 Å². The zero-order valence-electron chi connectivity index (χ0n) is 11.4. The molecule has 0 aliphatic carbocycles. The molecular weight excluding hydrogens is 306 g/mol.